The Bertz CT molecular complexity index is 494. The topological polar surface area (TPSA) is 54.3 Å². The predicted octanol–water partition coefficient (Wildman–Crippen LogP) is 2.43. The zero-order valence-corrected chi connectivity index (χ0v) is 14.5. The molecule has 0 saturated carbocycles. The molecule has 0 fully saturated rings. The average Bonchev–Trinajstić information content (AvgIpc) is 2.83. The summed E-state index contributed by atoms with van der Waals surface area (Å²) >= 11 is 0. The van der Waals surface area contributed by atoms with E-state index in [0.29, 0.717) is 24.5 Å². The summed E-state index contributed by atoms with van der Waals surface area (Å²) in [5, 5.41) is 3.10. The summed E-state index contributed by atoms with van der Waals surface area (Å²) in [5.74, 6) is 0. The van der Waals surface area contributed by atoms with Crippen molar-refractivity contribution >= 4 is 10.0 Å². The van der Waals surface area contributed by atoms with E-state index < -0.39 is 10.0 Å². The molecule has 0 unspecified atom stereocenters. The number of rotatable bonds is 10. The van der Waals surface area contributed by atoms with Crippen molar-refractivity contribution in [1.82, 2.24) is 14.2 Å². The zero-order valence-electron chi connectivity index (χ0n) is 13.7. The van der Waals surface area contributed by atoms with Gasteiger partial charge >= 0.3 is 0 Å². The largest absolute Gasteiger partial charge is 0.349 e. The number of aryl methyl sites for hydroxylation is 1. The van der Waals surface area contributed by atoms with Gasteiger partial charge in [0.1, 0.15) is 4.90 Å². The minimum atomic E-state index is -3.38. The van der Waals surface area contributed by atoms with Gasteiger partial charge in [-0.2, -0.15) is 4.31 Å². The first-order valence-corrected chi connectivity index (χ1v) is 9.29. The van der Waals surface area contributed by atoms with E-state index in [4.69, 9.17) is 0 Å². The van der Waals surface area contributed by atoms with E-state index in [2.05, 4.69) is 12.2 Å². The summed E-state index contributed by atoms with van der Waals surface area (Å²) in [6.07, 6.45) is 4.43. The molecular formula is C15H29N3O2S. The molecule has 0 aliphatic heterocycles. The normalized spacial score (nSPS) is 12.2. The van der Waals surface area contributed by atoms with Crippen LogP contribution in [0.1, 0.15) is 45.7 Å². The second kappa shape index (κ2) is 8.56. The quantitative estimate of drug-likeness (QED) is 0.721. The number of hydrogen-bond acceptors (Lipinski definition) is 3. The summed E-state index contributed by atoms with van der Waals surface area (Å²) in [7, 11) is -1.51. The third-order valence-corrected chi connectivity index (χ3v) is 5.23. The highest BCUT2D eigenvalue weighted by molar-refractivity contribution is 7.89. The molecule has 21 heavy (non-hydrogen) atoms. The lowest BCUT2D eigenvalue weighted by atomic mass is 10.4. The molecule has 0 saturated heterocycles. The molecular weight excluding hydrogens is 286 g/mol. The number of hydrogen-bond donors (Lipinski definition) is 1. The highest BCUT2D eigenvalue weighted by Crippen LogP contribution is 2.20. The van der Waals surface area contributed by atoms with Gasteiger partial charge in [0, 0.05) is 38.1 Å². The Balaban J connectivity index is 3.13. The number of aromatic nitrogens is 1. The summed E-state index contributed by atoms with van der Waals surface area (Å²) in [4.78, 5) is 0.420. The maximum Gasteiger partial charge on any atom is 0.244 e. The highest BCUT2D eigenvalue weighted by atomic mass is 32.2. The van der Waals surface area contributed by atoms with Crippen LogP contribution < -0.4 is 5.32 Å². The molecule has 0 aliphatic rings. The van der Waals surface area contributed by atoms with Gasteiger partial charge in [0.25, 0.3) is 0 Å². The molecule has 0 atom stereocenters. The van der Waals surface area contributed by atoms with Crippen molar-refractivity contribution in [3.63, 3.8) is 0 Å². The van der Waals surface area contributed by atoms with E-state index >= 15 is 0 Å². The number of nitrogens with one attached hydrogen (secondary N) is 1. The van der Waals surface area contributed by atoms with Crippen LogP contribution in [0, 0.1) is 0 Å². The smallest absolute Gasteiger partial charge is 0.244 e. The van der Waals surface area contributed by atoms with Gasteiger partial charge in [-0.05, 0) is 32.4 Å². The Kier molecular flexibility index (Phi) is 7.42. The van der Waals surface area contributed by atoms with Gasteiger partial charge in [-0.3, -0.25) is 0 Å². The Hall–Kier alpha value is -0.850. The molecule has 122 valence electrons. The Morgan fingerprint density at radius 1 is 1.14 bits per heavy atom. The van der Waals surface area contributed by atoms with E-state index in [9.17, 15) is 8.42 Å². The second-order valence-electron chi connectivity index (χ2n) is 5.29. The minimum Gasteiger partial charge on any atom is -0.349 e. The van der Waals surface area contributed by atoms with Crippen LogP contribution in [0.4, 0.5) is 0 Å². The van der Waals surface area contributed by atoms with Crippen molar-refractivity contribution in [2.75, 3.05) is 20.1 Å². The molecule has 1 N–H and O–H groups in total. The van der Waals surface area contributed by atoms with Crippen molar-refractivity contribution in [3.05, 3.63) is 18.0 Å². The van der Waals surface area contributed by atoms with Gasteiger partial charge in [0.15, 0.2) is 0 Å². The zero-order chi connectivity index (χ0) is 15.9. The summed E-state index contributed by atoms with van der Waals surface area (Å²) in [6, 6.07) is 1.81. The molecule has 0 spiro atoms. The van der Waals surface area contributed by atoms with Gasteiger partial charge in [0.2, 0.25) is 10.0 Å². The van der Waals surface area contributed by atoms with Crippen molar-refractivity contribution in [2.24, 2.45) is 0 Å². The van der Waals surface area contributed by atoms with E-state index in [-0.39, 0.29) is 0 Å². The van der Waals surface area contributed by atoms with Gasteiger partial charge in [-0.25, -0.2) is 8.42 Å². The van der Waals surface area contributed by atoms with Crippen LogP contribution in [-0.2, 0) is 23.1 Å². The van der Waals surface area contributed by atoms with E-state index in [0.717, 1.165) is 31.5 Å². The maximum atomic E-state index is 12.8. The third kappa shape index (κ3) is 4.56. The molecule has 0 radical (unpaired) electrons. The average molecular weight is 315 g/mol. The first-order valence-electron chi connectivity index (χ1n) is 7.84. The summed E-state index contributed by atoms with van der Waals surface area (Å²) in [6.45, 7) is 8.79. The lowest BCUT2D eigenvalue weighted by Crippen LogP contribution is -2.32. The predicted molar refractivity (Wildman–Crippen MR) is 86.8 cm³/mol. The van der Waals surface area contributed by atoms with Gasteiger partial charge in [-0.1, -0.05) is 20.8 Å². The van der Waals surface area contributed by atoms with Crippen LogP contribution >= 0.6 is 0 Å². The van der Waals surface area contributed by atoms with Crippen molar-refractivity contribution in [2.45, 2.75) is 58.0 Å². The van der Waals surface area contributed by atoms with E-state index in [1.165, 1.54) is 0 Å². The van der Waals surface area contributed by atoms with E-state index in [1.54, 1.807) is 16.6 Å². The highest BCUT2D eigenvalue weighted by Gasteiger charge is 2.25. The fourth-order valence-electron chi connectivity index (χ4n) is 2.44. The van der Waals surface area contributed by atoms with E-state index in [1.807, 2.05) is 25.5 Å². The first-order chi connectivity index (χ1) is 10.0. The molecule has 1 heterocycles. The molecule has 0 bridgehead atoms. The van der Waals surface area contributed by atoms with Crippen LogP contribution in [0.3, 0.4) is 0 Å². The lowest BCUT2D eigenvalue weighted by Gasteiger charge is -2.20. The molecule has 0 aliphatic carbocycles. The van der Waals surface area contributed by atoms with Crippen LogP contribution in [0.25, 0.3) is 0 Å². The van der Waals surface area contributed by atoms with Gasteiger partial charge in [0.05, 0.1) is 0 Å². The number of nitrogens with zero attached hydrogens (tertiary/aromatic N) is 2. The second-order valence-corrected chi connectivity index (χ2v) is 7.23. The maximum absolute atomic E-state index is 12.8. The van der Waals surface area contributed by atoms with Crippen LogP contribution in [0.15, 0.2) is 17.2 Å². The summed E-state index contributed by atoms with van der Waals surface area (Å²) < 4.78 is 29.2. The SMILES string of the molecule is CCCN(CCC)S(=O)(=O)c1cc(CNC)n(CCC)c1. The Morgan fingerprint density at radius 3 is 2.24 bits per heavy atom. The molecule has 0 aromatic carbocycles. The van der Waals surface area contributed by atoms with Crippen molar-refractivity contribution in [1.29, 1.82) is 0 Å². The molecule has 6 heteroatoms. The van der Waals surface area contributed by atoms with Gasteiger partial charge < -0.3 is 9.88 Å². The molecule has 1 rings (SSSR count). The minimum absolute atomic E-state index is 0.420. The summed E-state index contributed by atoms with van der Waals surface area (Å²) in [5.41, 5.74) is 1.02. The van der Waals surface area contributed by atoms with Crippen LogP contribution in [-0.4, -0.2) is 37.4 Å². The first kappa shape index (κ1) is 18.2. The van der Waals surface area contributed by atoms with Crippen LogP contribution in [0.2, 0.25) is 0 Å². The van der Waals surface area contributed by atoms with Crippen molar-refractivity contribution in [3.8, 4) is 0 Å². The monoisotopic (exact) mass is 315 g/mol. The molecule has 5 nitrogen and oxygen atoms in total. The third-order valence-electron chi connectivity index (χ3n) is 3.37. The Labute approximate surface area is 129 Å². The molecule has 1 aromatic rings. The fourth-order valence-corrected chi connectivity index (χ4v) is 4.13. The van der Waals surface area contributed by atoms with Crippen molar-refractivity contribution < 1.29 is 8.42 Å². The van der Waals surface area contributed by atoms with Crippen LogP contribution in [0.5, 0.6) is 0 Å². The number of sulfonamides is 1. The molecule has 0 amide bonds. The Morgan fingerprint density at radius 2 is 1.76 bits per heavy atom. The van der Waals surface area contributed by atoms with Gasteiger partial charge in [-0.15, -0.1) is 0 Å². The standard InChI is InChI=1S/C15H29N3O2S/c1-5-8-17-13-15(11-14(17)12-16-4)21(19,20)18(9-6-2)10-7-3/h11,13,16H,5-10,12H2,1-4H3. The lowest BCUT2D eigenvalue weighted by molar-refractivity contribution is 0.410. The molecule has 1 aromatic heterocycles. The fraction of sp³-hybridized carbons (Fsp3) is 0.733.